The van der Waals surface area contributed by atoms with Crippen LogP contribution in [0.15, 0.2) is 23.8 Å². The number of pyridine rings is 1. The predicted molar refractivity (Wildman–Crippen MR) is 66.7 cm³/mol. The molecule has 0 radical (unpaired) electrons. The van der Waals surface area contributed by atoms with Crippen molar-refractivity contribution in [2.75, 3.05) is 0 Å². The third-order valence-electron chi connectivity index (χ3n) is 2.48. The van der Waals surface area contributed by atoms with E-state index in [1.165, 1.54) is 0 Å². The molecule has 0 saturated heterocycles. The first-order valence-corrected chi connectivity index (χ1v) is 6.37. The van der Waals surface area contributed by atoms with E-state index in [2.05, 4.69) is 4.98 Å². The van der Waals surface area contributed by atoms with Crippen LogP contribution in [0.2, 0.25) is 5.02 Å². The first-order chi connectivity index (χ1) is 8.82. The highest BCUT2D eigenvalue weighted by Crippen LogP contribution is 2.35. The van der Waals surface area contributed by atoms with Gasteiger partial charge in [0.2, 0.25) is 5.78 Å². The number of halogens is 4. The van der Waals surface area contributed by atoms with Crippen molar-refractivity contribution in [2.45, 2.75) is 13.1 Å². The quantitative estimate of drug-likeness (QED) is 0.772. The number of hydrogen-bond donors (Lipinski definition) is 0. The molecule has 0 aliphatic rings. The molecule has 0 aliphatic heterocycles. The molecule has 0 atom stereocenters. The summed E-state index contributed by atoms with van der Waals surface area (Å²) < 4.78 is 38.5. The van der Waals surface area contributed by atoms with Crippen LogP contribution in [-0.4, -0.2) is 10.8 Å². The van der Waals surface area contributed by atoms with E-state index in [9.17, 15) is 18.0 Å². The maximum atomic E-state index is 12.8. The van der Waals surface area contributed by atoms with Crippen LogP contribution >= 0.6 is 22.9 Å². The van der Waals surface area contributed by atoms with Crippen LogP contribution in [0.4, 0.5) is 13.2 Å². The fourth-order valence-electron chi connectivity index (χ4n) is 1.53. The molecule has 2 nitrogen and oxygen atoms in total. The summed E-state index contributed by atoms with van der Waals surface area (Å²) in [7, 11) is 0. The van der Waals surface area contributed by atoms with Crippen molar-refractivity contribution >= 4 is 28.7 Å². The molecule has 2 heterocycles. The minimum atomic E-state index is -4.60. The van der Waals surface area contributed by atoms with Crippen molar-refractivity contribution in [1.29, 1.82) is 0 Å². The molecule has 19 heavy (non-hydrogen) atoms. The molecule has 0 amide bonds. The number of carbonyl (C=O) groups excluding carboxylic acids is 1. The summed E-state index contributed by atoms with van der Waals surface area (Å²) in [5, 5.41) is 1.81. The van der Waals surface area contributed by atoms with Crippen molar-refractivity contribution in [3.8, 4) is 0 Å². The average Bonchev–Trinajstić information content (AvgIpc) is 2.68. The van der Waals surface area contributed by atoms with Gasteiger partial charge in [0, 0.05) is 12.4 Å². The van der Waals surface area contributed by atoms with Gasteiger partial charge < -0.3 is 0 Å². The number of aromatic nitrogens is 1. The Labute approximate surface area is 115 Å². The second kappa shape index (κ2) is 4.94. The van der Waals surface area contributed by atoms with Crippen molar-refractivity contribution in [1.82, 2.24) is 4.98 Å². The van der Waals surface area contributed by atoms with Crippen molar-refractivity contribution in [2.24, 2.45) is 0 Å². The van der Waals surface area contributed by atoms with E-state index < -0.39 is 23.1 Å². The van der Waals surface area contributed by atoms with Gasteiger partial charge in [-0.3, -0.25) is 9.78 Å². The van der Waals surface area contributed by atoms with E-state index >= 15 is 0 Å². The van der Waals surface area contributed by atoms with Gasteiger partial charge in [0.1, 0.15) is 0 Å². The topological polar surface area (TPSA) is 30.0 Å². The monoisotopic (exact) mass is 305 g/mol. The second-order valence-corrected chi connectivity index (χ2v) is 5.07. The van der Waals surface area contributed by atoms with Gasteiger partial charge >= 0.3 is 6.18 Å². The Morgan fingerprint density at radius 3 is 2.63 bits per heavy atom. The zero-order chi connectivity index (χ0) is 14.2. The van der Waals surface area contributed by atoms with Crippen molar-refractivity contribution in [3.05, 3.63) is 50.4 Å². The highest BCUT2D eigenvalue weighted by atomic mass is 35.5. The number of carbonyl (C=O) groups is 1. The molecule has 0 N–H and O–H groups in total. The molecule has 7 heteroatoms. The summed E-state index contributed by atoms with van der Waals surface area (Å²) in [6, 6.07) is 0.779. The largest absolute Gasteiger partial charge is 0.417 e. The van der Waals surface area contributed by atoms with Crippen molar-refractivity contribution in [3.63, 3.8) is 0 Å². The first kappa shape index (κ1) is 14.0. The van der Waals surface area contributed by atoms with Crippen LogP contribution in [0.1, 0.15) is 26.4 Å². The van der Waals surface area contributed by atoms with Crippen LogP contribution in [0.5, 0.6) is 0 Å². The number of aryl methyl sites for hydroxylation is 1. The Kier molecular flexibility index (Phi) is 3.64. The van der Waals surface area contributed by atoms with Gasteiger partial charge in [0.05, 0.1) is 21.0 Å². The summed E-state index contributed by atoms with van der Waals surface area (Å²) >= 11 is 6.93. The van der Waals surface area contributed by atoms with Crippen LogP contribution in [0.3, 0.4) is 0 Å². The van der Waals surface area contributed by atoms with Gasteiger partial charge in [0.25, 0.3) is 0 Å². The minimum Gasteiger partial charge on any atom is -0.288 e. The number of rotatable bonds is 2. The van der Waals surface area contributed by atoms with Gasteiger partial charge in [-0.2, -0.15) is 13.2 Å². The van der Waals surface area contributed by atoms with Gasteiger partial charge in [-0.25, -0.2) is 0 Å². The number of thiophene rings is 1. The highest BCUT2D eigenvalue weighted by molar-refractivity contribution is 7.13. The SMILES string of the molecule is Cc1csc(C(=O)c2cnccc2C(F)(F)F)c1Cl. The lowest BCUT2D eigenvalue weighted by Crippen LogP contribution is -2.13. The molecule has 0 bridgehead atoms. The van der Waals surface area contributed by atoms with E-state index in [0.717, 1.165) is 29.8 Å². The standard InChI is InChI=1S/C12H7ClF3NOS/c1-6-5-19-11(9(6)13)10(18)7-4-17-3-2-8(7)12(14,15)16/h2-5H,1H3. The van der Waals surface area contributed by atoms with Crippen molar-refractivity contribution < 1.29 is 18.0 Å². The van der Waals surface area contributed by atoms with Crippen LogP contribution in [0, 0.1) is 6.92 Å². The molecule has 0 fully saturated rings. The second-order valence-electron chi connectivity index (χ2n) is 3.81. The number of nitrogens with zero attached hydrogens (tertiary/aromatic N) is 1. The zero-order valence-corrected chi connectivity index (χ0v) is 11.2. The normalized spacial score (nSPS) is 11.6. The van der Waals surface area contributed by atoms with Gasteiger partial charge in [-0.15, -0.1) is 11.3 Å². The maximum Gasteiger partial charge on any atom is 0.417 e. The van der Waals surface area contributed by atoms with Gasteiger partial charge in [-0.05, 0) is 23.9 Å². The highest BCUT2D eigenvalue weighted by Gasteiger charge is 2.36. The Morgan fingerprint density at radius 1 is 1.42 bits per heavy atom. The molecule has 2 rings (SSSR count). The fraction of sp³-hybridized carbons (Fsp3) is 0.167. The lowest BCUT2D eigenvalue weighted by Gasteiger charge is -2.10. The van der Waals surface area contributed by atoms with E-state index in [1.807, 2.05) is 0 Å². The Bertz CT molecular complexity index is 636. The molecule has 100 valence electrons. The molecular weight excluding hydrogens is 299 g/mol. The van der Waals surface area contributed by atoms with Gasteiger partial charge in [0.15, 0.2) is 0 Å². The molecule has 2 aromatic heterocycles. The molecule has 0 aromatic carbocycles. The molecule has 0 saturated carbocycles. The Hall–Kier alpha value is -1.40. The van der Waals surface area contributed by atoms with Crippen LogP contribution in [-0.2, 0) is 6.18 Å². The summed E-state index contributed by atoms with van der Waals surface area (Å²) in [6.45, 7) is 1.68. The lowest BCUT2D eigenvalue weighted by molar-refractivity contribution is -0.137. The fourth-order valence-corrected chi connectivity index (χ4v) is 2.76. The summed E-state index contributed by atoms with van der Waals surface area (Å²) in [4.78, 5) is 15.8. The summed E-state index contributed by atoms with van der Waals surface area (Å²) in [5.41, 5.74) is -0.833. The average molecular weight is 306 g/mol. The number of alkyl halides is 3. The number of hydrogen-bond acceptors (Lipinski definition) is 3. The molecular formula is C12H7ClF3NOS. The zero-order valence-electron chi connectivity index (χ0n) is 9.58. The summed E-state index contributed by atoms with van der Waals surface area (Å²) in [6.07, 6.45) is -2.69. The van der Waals surface area contributed by atoms with E-state index in [-0.39, 0.29) is 9.90 Å². The van der Waals surface area contributed by atoms with E-state index in [0.29, 0.717) is 5.56 Å². The van der Waals surface area contributed by atoms with Crippen LogP contribution < -0.4 is 0 Å². The Morgan fingerprint density at radius 2 is 2.11 bits per heavy atom. The number of ketones is 1. The molecule has 2 aromatic rings. The van der Waals surface area contributed by atoms with Gasteiger partial charge in [-0.1, -0.05) is 11.6 Å². The van der Waals surface area contributed by atoms with E-state index in [4.69, 9.17) is 11.6 Å². The predicted octanol–water partition coefficient (Wildman–Crippen LogP) is 4.35. The maximum absolute atomic E-state index is 12.8. The first-order valence-electron chi connectivity index (χ1n) is 5.12. The molecule has 0 unspecified atom stereocenters. The van der Waals surface area contributed by atoms with Crippen LogP contribution in [0.25, 0.3) is 0 Å². The third kappa shape index (κ3) is 2.64. The smallest absolute Gasteiger partial charge is 0.288 e. The lowest BCUT2D eigenvalue weighted by atomic mass is 10.0. The molecule has 0 spiro atoms. The van der Waals surface area contributed by atoms with E-state index in [1.54, 1.807) is 12.3 Å². The third-order valence-corrected chi connectivity index (χ3v) is 4.17. The molecule has 0 aliphatic carbocycles. The summed E-state index contributed by atoms with van der Waals surface area (Å²) in [5.74, 6) is -0.761. The Balaban J connectivity index is 2.54. The minimum absolute atomic E-state index is 0.0951.